The molecule has 0 bridgehead atoms. The van der Waals surface area contributed by atoms with Crippen molar-refractivity contribution in [3.63, 3.8) is 0 Å². The minimum Gasteiger partial charge on any atom is -0.465 e. The molecular formula is C19H14N4O3S. The number of esters is 1. The van der Waals surface area contributed by atoms with Crippen LogP contribution >= 0.6 is 11.3 Å². The Morgan fingerprint density at radius 1 is 1.04 bits per heavy atom. The summed E-state index contributed by atoms with van der Waals surface area (Å²) in [5.74, 6) is -0.884. The van der Waals surface area contributed by atoms with Crippen LogP contribution in [0.3, 0.4) is 0 Å². The fourth-order valence-electron chi connectivity index (χ4n) is 2.68. The fourth-order valence-corrected chi connectivity index (χ4v) is 3.51. The molecule has 0 aliphatic carbocycles. The second kappa shape index (κ2) is 7.00. The minimum atomic E-state index is -0.578. The van der Waals surface area contributed by atoms with Crippen molar-refractivity contribution in [1.82, 2.24) is 14.6 Å². The van der Waals surface area contributed by atoms with Crippen LogP contribution in [0.15, 0.2) is 60.0 Å². The highest BCUT2D eigenvalue weighted by molar-refractivity contribution is 7.15. The highest BCUT2D eigenvalue weighted by atomic mass is 32.1. The minimum absolute atomic E-state index is 0.170. The van der Waals surface area contributed by atoms with Gasteiger partial charge in [0, 0.05) is 10.9 Å². The smallest absolute Gasteiger partial charge is 0.338 e. The van der Waals surface area contributed by atoms with Crippen molar-refractivity contribution in [2.75, 3.05) is 12.4 Å². The zero-order valence-corrected chi connectivity index (χ0v) is 15.1. The molecule has 0 unspecified atom stereocenters. The lowest BCUT2D eigenvalue weighted by atomic mass is 10.1. The summed E-state index contributed by atoms with van der Waals surface area (Å²) in [5, 5.41) is 8.99. The van der Waals surface area contributed by atoms with E-state index in [9.17, 15) is 9.59 Å². The van der Waals surface area contributed by atoms with Gasteiger partial charge in [0.25, 0.3) is 11.9 Å². The second-order valence-electron chi connectivity index (χ2n) is 5.61. The fraction of sp³-hybridized carbons (Fsp3) is 0.0526. The van der Waals surface area contributed by atoms with E-state index in [1.54, 1.807) is 22.7 Å². The number of fused-ring (bicyclic) bond motifs is 1. The third-order valence-electron chi connectivity index (χ3n) is 3.95. The number of amides is 1. The molecule has 8 heteroatoms. The van der Waals surface area contributed by atoms with E-state index >= 15 is 0 Å². The normalized spacial score (nSPS) is 10.7. The third kappa shape index (κ3) is 3.18. The maximum atomic E-state index is 12.6. The van der Waals surface area contributed by atoms with E-state index in [-0.39, 0.29) is 17.1 Å². The van der Waals surface area contributed by atoms with Crippen LogP contribution in [-0.2, 0) is 4.74 Å². The molecule has 0 fully saturated rings. The monoisotopic (exact) mass is 378 g/mol. The first-order chi connectivity index (χ1) is 13.2. The van der Waals surface area contributed by atoms with Crippen molar-refractivity contribution in [2.45, 2.75) is 0 Å². The van der Waals surface area contributed by atoms with Crippen molar-refractivity contribution < 1.29 is 14.3 Å². The Labute approximate surface area is 158 Å². The molecule has 0 radical (unpaired) electrons. The Morgan fingerprint density at radius 2 is 1.74 bits per heavy atom. The molecule has 0 spiro atoms. The summed E-state index contributed by atoms with van der Waals surface area (Å²) in [6.45, 7) is 0. The summed E-state index contributed by atoms with van der Waals surface area (Å²) in [6, 6.07) is 16.2. The average molecular weight is 378 g/mol. The molecule has 4 rings (SSSR count). The number of benzene rings is 2. The summed E-state index contributed by atoms with van der Waals surface area (Å²) in [6.07, 6.45) is 0. The molecule has 4 aromatic rings. The largest absolute Gasteiger partial charge is 0.465 e. The van der Waals surface area contributed by atoms with Gasteiger partial charge in [-0.3, -0.25) is 10.1 Å². The molecule has 27 heavy (non-hydrogen) atoms. The Kier molecular flexibility index (Phi) is 4.39. The first kappa shape index (κ1) is 16.9. The molecule has 0 aliphatic rings. The molecule has 1 amide bonds. The number of rotatable bonds is 4. The first-order valence-corrected chi connectivity index (χ1v) is 8.93. The highest BCUT2D eigenvalue weighted by Crippen LogP contribution is 2.25. The predicted molar refractivity (Wildman–Crippen MR) is 102 cm³/mol. The molecule has 7 nitrogen and oxygen atoms in total. The standard InChI is InChI=1S/C19H14N4O3S/c1-26-17(25)14-10-6-5-9-13(14)16(24)20-18-21-19-23(22-18)15(11-27-19)12-7-3-2-4-8-12/h2-11H,1H3,(H,20,22,24). The SMILES string of the molecule is COC(=O)c1ccccc1C(=O)Nc1nc2scc(-c3ccccc3)n2n1. The number of hydrogen-bond acceptors (Lipinski definition) is 6. The van der Waals surface area contributed by atoms with Crippen LogP contribution in [-0.4, -0.2) is 33.6 Å². The topological polar surface area (TPSA) is 85.6 Å². The molecule has 2 heterocycles. The molecule has 2 aromatic heterocycles. The van der Waals surface area contributed by atoms with E-state index in [1.807, 2.05) is 35.7 Å². The number of thiazole rings is 1. The maximum Gasteiger partial charge on any atom is 0.338 e. The molecular weight excluding hydrogens is 364 g/mol. The Bertz CT molecular complexity index is 1130. The first-order valence-electron chi connectivity index (χ1n) is 8.06. The van der Waals surface area contributed by atoms with E-state index in [4.69, 9.17) is 4.74 Å². The Balaban J connectivity index is 1.64. The van der Waals surface area contributed by atoms with E-state index in [0.717, 1.165) is 11.3 Å². The van der Waals surface area contributed by atoms with Gasteiger partial charge in [-0.2, -0.15) is 4.98 Å². The van der Waals surface area contributed by atoms with Gasteiger partial charge < -0.3 is 4.74 Å². The number of aromatic nitrogens is 3. The quantitative estimate of drug-likeness (QED) is 0.550. The average Bonchev–Trinajstić information content (AvgIpc) is 3.28. The molecule has 134 valence electrons. The van der Waals surface area contributed by atoms with Crippen molar-refractivity contribution >= 4 is 34.1 Å². The van der Waals surface area contributed by atoms with Gasteiger partial charge >= 0.3 is 5.97 Å². The number of methoxy groups -OCH3 is 1. The van der Waals surface area contributed by atoms with Crippen LogP contribution in [0.5, 0.6) is 0 Å². The lowest BCUT2D eigenvalue weighted by molar-refractivity contribution is 0.0597. The van der Waals surface area contributed by atoms with Crippen LogP contribution in [0.1, 0.15) is 20.7 Å². The number of hydrogen-bond donors (Lipinski definition) is 1. The van der Waals surface area contributed by atoms with E-state index in [1.165, 1.54) is 24.5 Å². The van der Waals surface area contributed by atoms with Crippen LogP contribution in [0.2, 0.25) is 0 Å². The van der Waals surface area contributed by atoms with Crippen molar-refractivity contribution in [2.24, 2.45) is 0 Å². The number of ether oxygens (including phenoxy) is 1. The van der Waals surface area contributed by atoms with Crippen LogP contribution in [0.4, 0.5) is 5.95 Å². The van der Waals surface area contributed by atoms with Crippen molar-refractivity contribution in [1.29, 1.82) is 0 Å². The van der Waals surface area contributed by atoms with Gasteiger partial charge in [-0.1, -0.05) is 42.5 Å². The summed E-state index contributed by atoms with van der Waals surface area (Å²) in [5.41, 5.74) is 2.27. The van der Waals surface area contributed by atoms with Gasteiger partial charge in [0.15, 0.2) is 0 Å². The molecule has 1 N–H and O–H groups in total. The number of nitrogens with one attached hydrogen (secondary N) is 1. The zero-order valence-electron chi connectivity index (χ0n) is 14.2. The van der Waals surface area contributed by atoms with Gasteiger partial charge in [-0.05, 0) is 12.1 Å². The highest BCUT2D eigenvalue weighted by Gasteiger charge is 2.19. The summed E-state index contributed by atoms with van der Waals surface area (Å²) >= 11 is 1.43. The Hall–Kier alpha value is -3.52. The maximum absolute atomic E-state index is 12.6. The lowest BCUT2D eigenvalue weighted by Crippen LogP contribution is -2.17. The number of anilines is 1. The van der Waals surface area contributed by atoms with Crippen LogP contribution in [0.25, 0.3) is 16.2 Å². The van der Waals surface area contributed by atoms with Crippen molar-refractivity contribution in [3.05, 3.63) is 71.1 Å². The van der Waals surface area contributed by atoms with Crippen LogP contribution < -0.4 is 5.32 Å². The van der Waals surface area contributed by atoms with E-state index < -0.39 is 11.9 Å². The predicted octanol–water partition coefficient (Wildman–Crippen LogP) is 3.50. The molecule has 0 saturated heterocycles. The number of carbonyl (C=O) groups is 2. The zero-order chi connectivity index (χ0) is 18.8. The molecule has 0 saturated carbocycles. The van der Waals surface area contributed by atoms with Gasteiger partial charge in [0.05, 0.1) is 23.9 Å². The van der Waals surface area contributed by atoms with Gasteiger partial charge in [-0.25, -0.2) is 9.31 Å². The summed E-state index contributed by atoms with van der Waals surface area (Å²) < 4.78 is 6.41. The molecule has 0 aliphatic heterocycles. The van der Waals surface area contributed by atoms with Crippen LogP contribution in [0, 0.1) is 0 Å². The van der Waals surface area contributed by atoms with E-state index in [2.05, 4.69) is 15.4 Å². The second-order valence-corrected chi connectivity index (χ2v) is 6.44. The number of carbonyl (C=O) groups excluding carboxylic acids is 2. The van der Waals surface area contributed by atoms with Gasteiger partial charge in [0.2, 0.25) is 4.96 Å². The Morgan fingerprint density at radius 3 is 2.48 bits per heavy atom. The van der Waals surface area contributed by atoms with Crippen molar-refractivity contribution in [3.8, 4) is 11.3 Å². The lowest BCUT2D eigenvalue weighted by Gasteiger charge is -2.06. The molecule has 0 atom stereocenters. The van der Waals surface area contributed by atoms with Gasteiger partial charge in [-0.15, -0.1) is 16.4 Å². The van der Waals surface area contributed by atoms with E-state index in [0.29, 0.717) is 4.96 Å². The summed E-state index contributed by atoms with van der Waals surface area (Å²) in [7, 11) is 1.27. The molecule has 2 aromatic carbocycles. The number of nitrogens with zero attached hydrogens (tertiary/aromatic N) is 3. The third-order valence-corrected chi connectivity index (χ3v) is 4.77. The van der Waals surface area contributed by atoms with Gasteiger partial charge in [0.1, 0.15) is 0 Å². The summed E-state index contributed by atoms with van der Waals surface area (Å²) in [4.78, 5) is 29.5.